The summed E-state index contributed by atoms with van der Waals surface area (Å²) in [5.74, 6) is 0.499. The smallest absolute Gasteiger partial charge is 0.304 e. The van der Waals surface area contributed by atoms with Gasteiger partial charge in [0.15, 0.2) is 6.04 Å². The molecular weight excluding hydrogens is 450 g/mol. The number of carbonyl (C=O) groups is 2. The normalized spacial score (nSPS) is 18.7. The number of hydrogen-bond donors (Lipinski definition) is 2. The lowest BCUT2D eigenvalue weighted by molar-refractivity contribution is -0.596. The van der Waals surface area contributed by atoms with E-state index in [9.17, 15) is 9.59 Å². The quantitative estimate of drug-likeness (QED) is 0.515. The molecule has 3 aromatic carbocycles. The molecule has 2 atom stereocenters. The van der Waals surface area contributed by atoms with Crippen LogP contribution in [0.3, 0.4) is 0 Å². The number of nitrogens with zero attached hydrogens (tertiary/aromatic N) is 1. The van der Waals surface area contributed by atoms with Crippen molar-refractivity contribution >= 4 is 29.6 Å². The van der Waals surface area contributed by atoms with Crippen LogP contribution in [0.4, 0.5) is 0 Å². The third-order valence-electron chi connectivity index (χ3n) is 5.88. The van der Waals surface area contributed by atoms with Gasteiger partial charge in [-0.05, 0) is 72.1 Å². The van der Waals surface area contributed by atoms with Gasteiger partial charge in [0.05, 0.1) is 7.11 Å². The molecule has 6 nitrogen and oxygen atoms in total. The van der Waals surface area contributed by atoms with Crippen LogP contribution in [0.15, 0.2) is 72.8 Å². The molecule has 0 saturated carbocycles. The fourth-order valence-corrected chi connectivity index (χ4v) is 4.06. The number of benzene rings is 3. The number of halogens is 1. The molecule has 0 spiro atoms. The Morgan fingerprint density at radius 2 is 1.68 bits per heavy atom. The Kier molecular flexibility index (Phi) is 6.98. The van der Waals surface area contributed by atoms with Gasteiger partial charge in [-0.1, -0.05) is 37.6 Å². The molecule has 34 heavy (non-hydrogen) atoms. The zero-order valence-electron chi connectivity index (χ0n) is 19.3. The Bertz CT molecular complexity index is 1200. The number of hydrazone groups is 1. The molecule has 1 aliphatic rings. The first kappa shape index (κ1) is 23.5. The van der Waals surface area contributed by atoms with E-state index in [1.165, 1.54) is 5.56 Å². The fraction of sp³-hybridized carbons (Fsp3) is 0.222. The zero-order valence-corrected chi connectivity index (χ0v) is 20.0. The molecular formula is C27H27ClN3O3+. The SMILES string of the molecule is COc1ccc([C@@H]2[C@@H](NC(=O)c3ccc(Cl)cc3)C(=O)N/[N+]2=C\c2ccc(C(C)C)cc2)cc1. The predicted octanol–water partition coefficient (Wildman–Crippen LogP) is 4.49. The van der Waals surface area contributed by atoms with Crippen molar-refractivity contribution in [3.8, 4) is 5.75 Å². The van der Waals surface area contributed by atoms with Crippen LogP contribution in [0.5, 0.6) is 5.75 Å². The van der Waals surface area contributed by atoms with Gasteiger partial charge in [-0.15, -0.1) is 10.1 Å². The Morgan fingerprint density at radius 3 is 2.26 bits per heavy atom. The van der Waals surface area contributed by atoms with Gasteiger partial charge in [0.25, 0.3) is 5.91 Å². The van der Waals surface area contributed by atoms with Crippen LogP contribution in [0.2, 0.25) is 5.02 Å². The van der Waals surface area contributed by atoms with Crippen molar-refractivity contribution in [2.75, 3.05) is 7.11 Å². The monoisotopic (exact) mass is 476 g/mol. The summed E-state index contributed by atoms with van der Waals surface area (Å²) in [4.78, 5) is 25.9. The molecule has 0 radical (unpaired) electrons. The highest BCUT2D eigenvalue weighted by Gasteiger charge is 2.47. The first-order valence-electron chi connectivity index (χ1n) is 11.1. The highest BCUT2D eigenvalue weighted by Crippen LogP contribution is 2.27. The second-order valence-electron chi connectivity index (χ2n) is 8.51. The summed E-state index contributed by atoms with van der Waals surface area (Å²) < 4.78 is 7.03. The molecule has 1 saturated heterocycles. The number of ether oxygens (including phenoxy) is 1. The second kappa shape index (κ2) is 10.1. The lowest BCUT2D eigenvalue weighted by Gasteiger charge is -2.15. The molecule has 0 aromatic heterocycles. The largest absolute Gasteiger partial charge is 0.497 e. The van der Waals surface area contributed by atoms with E-state index in [2.05, 4.69) is 36.7 Å². The van der Waals surface area contributed by atoms with Crippen molar-refractivity contribution in [1.82, 2.24) is 10.7 Å². The molecule has 1 fully saturated rings. The van der Waals surface area contributed by atoms with E-state index in [-0.39, 0.29) is 11.8 Å². The molecule has 3 aromatic rings. The standard InChI is InChI=1S/C27H26ClN3O3/c1-17(2)19-6-4-18(5-7-19)16-31-25(20-10-14-23(34-3)15-11-20)24(27(33)30-31)29-26(32)21-8-12-22(28)13-9-21/h4-17,24-25H,1-3H3,(H-,29,30,32,33)/p+1/b31-16-/t24-,25-/m1/s1. The van der Waals surface area contributed by atoms with Crippen molar-refractivity contribution in [3.63, 3.8) is 0 Å². The van der Waals surface area contributed by atoms with Crippen molar-refractivity contribution < 1.29 is 19.0 Å². The molecule has 174 valence electrons. The van der Waals surface area contributed by atoms with Crippen LogP contribution in [0.25, 0.3) is 0 Å². The van der Waals surface area contributed by atoms with Crippen LogP contribution >= 0.6 is 11.6 Å². The van der Waals surface area contributed by atoms with E-state index in [1.54, 1.807) is 36.1 Å². The van der Waals surface area contributed by atoms with E-state index in [0.717, 1.165) is 11.1 Å². The van der Waals surface area contributed by atoms with Gasteiger partial charge in [0, 0.05) is 21.7 Å². The zero-order chi connectivity index (χ0) is 24.2. The minimum absolute atomic E-state index is 0.293. The highest BCUT2D eigenvalue weighted by molar-refractivity contribution is 6.30. The lowest BCUT2D eigenvalue weighted by Crippen LogP contribution is -2.42. The van der Waals surface area contributed by atoms with Gasteiger partial charge in [0.1, 0.15) is 5.75 Å². The van der Waals surface area contributed by atoms with Gasteiger partial charge >= 0.3 is 5.91 Å². The molecule has 0 unspecified atom stereocenters. The summed E-state index contributed by atoms with van der Waals surface area (Å²) in [6.45, 7) is 4.29. The average molecular weight is 477 g/mol. The van der Waals surface area contributed by atoms with E-state index >= 15 is 0 Å². The van der Waals surface area contributed by atoms with Crippen LogP contribution in [-0.4, -0.2) is 35.9 Å². The molecule has 4 rings (SSSR count). The maximum Gasteiger partial charge on any atom is 0.304 e. The van der Waals surface area contributed by atoms with Gasteiger partial charge in [-0.25, -0.2) is 0 Å². The van der Waals surface area contributed by atoms with Gasteiger partial charge < -0.3 is 10.1 Å². The molecule has 7 heteroatoms. The van der Waals surface area contributed by atoms with Crippen LogP contribution in [0, 0.1) is 0 Å². The summed E-state index contributed by atoms with van der Waals surface area (Å²) in [7, 11) is 1.60. The average Bonchev–Trinajstić information content (AvgIpc) is 3.14. The van der Waals surface area contributed by atoms with Gasteiger partial charge in [-0.3, -0.25) is 9.59 Å². The fourth-order valence-electron chi connectivity index (χ4n) is 3.93. The summed E-state index contributed by atoms with van der Waals surface area (Å²) in [5, 5.41) is 3.43. The van der Waals surface area contributed by atoms with Gasteiger partial charge in [-0.2, -0.15) is 0 Å². The first-order valence-corrected chi connectivity index (χ1v) is 11.5. The predicted molar refractivity (Wildman–Crippen MR) is 133 cm³/mol. The van der Waals surface area contributed by atoms with Crippen LogP contribution in [0.1, 0.15) is 52.9 Å². The summed E-state index contributed by atoms with van der Waals surface area (Å²) in [6, 6.07) is 21.0. The van der Waals surface area contributed by atoms with Crippen molar-refractivity contribution in [1.29, 1.82) is 0 Å². The second-order valence-corrected chi connectivity index (χ2v) is 8.95. The molecule has 2 amide bonds. The summed E-state index contributed by atoms with van der Waals surface area (Å²) in [5.41, 5.74) is 6.37. The molecule has 1 aliphatic heterocycles. The van der Waals surface area contributed by atoms with E-state index in [0.29, 0.717) is 22.3 Å². The summed E-state index contributed by atoms with van der Waals surface area (Å²) in [6.07, 6.45) is 1.88. The summed E-state index contributed by atoms with van der Waals surface area (Å²) >= 11 is 5.94. The van der Waals surface area contributed by atoms with E-state index < -0.39 is 12.1 Å². The Labute approximate surface area is 204 Å². The number of amides is 2. The molecule has 2 N–H and O–H groups in total. The van der Waals surface area contributed by atoms with E-state index in [1.807, 2.05) is 42.6 Å². The Hall–Kier alpha value is -3.64. The maximum atomic E-state index is 13.0. The minimum Gasteiger partial charge on any atom is -0.497 e. The van der Waals surface area contributed by atoms with Crippen molar-refractivity contribution in [2.45, 2.75) is 31.8 Å². The third kappa shape index (κ3) is 5.13. The first-order chi connectivity index (χ1) is 16.4. The molecule has 0 bridgehead atoms. The van der Waals surface area contributed by atoms with Gasteiger partial charge in [0.2, 0.25) is 12.3 Å². The lowest BCUT2D eigenvalue weighted by atomic mass is 9.99. The molecule has 1 heterocycles. The highest BCUT2D eigenvalue weighted by atomic mass is 35.5. The van der Waals surface area contributed by atoms with Crippen molar-refractivity contribution in [2.24, 2.45) is 0 Å². The number of rotatable bonds is 6. The Morgan fingerprint density at radius 1 is 1.03 bits per heavy atom. The van der Waals surface area contributed by atoms with Crippen molar-refractivity contribution in [3.05, 3.63) is 100 Å². The Balaban J connectivity index is 1.68. The number of hydrazine groups is 1. The minimum atomic E-state index is -0.803. The van der Waals surface area contributed by atoms with E-state index in [4.69, 9.17) is 16.3 Å². The number of carbonyl (C=O) groups excluding carboxylic acids is 2. The topological polar surface area (TPSA) is 70.4 Å². The number of nitrogens with one attached hydrogen (secondary N) is 2. The number of hydrogen-bond acceptors (Lipinski definition) is 3. The number of methoxy groups -OCH3 is 1. The van der Waals surface area contributed by atoms with Crippen LogP contribution in [-0.2, 0) is 4.79 Å². The van der Waals surface area contributed by atoms with Crippen LogP contribution < -0.4 is 15.5 Å². The third-order valence-corrected chi connectivity index (χ3v) is 6.13. The molecule has 0 aliphatic carbocycles. The maximum absolute atomic E-state index is 13.0.